The minimum Gasteiger partial charge on any atom is -0.326 e. The molecule has 5 nitrogen and oxygen atoms in total. The van der Waals surface area contributed by atoms with Gasteiger partial charge in [0.15, 0.2) is 0 Å². The van der Waals surface area contributed by atoms with Crippen molar-refractivity contribution in [2.75, 3.05) is 20.1 Å². The van der Waals surface area contributed by atoms with Crippen LogP contribution in [0.15, 0.2) is 17.0 Å². The van der Waals surface area contributed by atoms with E-state index >= 15 is 0 Å². The van der Waals surface area contributed by atoms with Gasteiger partial charge in [0.1, 0.15) is 4.90 Å². The molecule has 0 bridgehead atoms. The molecule has 1 fully saturated rings. The Bertz CT molecular complexity index is 622. The van der Waals surface area contributed by atoms with Crippen molar-refractivity contribution in [3.63, 3.8) is 0 Å². The van der Waals surface area contributed by atoms with E-state index < -0.39 is 10.0 Å². The van der Waals surface area contributed by atoms with E-state index in [4.69, 9.17) is 28.9 Å². The van der Waals surface area contributed by atoms with Crippen molar-refractivity contribution in [2.24, 2.45) is 5.73 Å². The number of hydrogen-bond acceptors (Lipinski definition) is 4. The van der Waals surface area contributed by atoms with Crippen LogP contribution in [-0.2, 0) is 16.6 Å². The van der Waals surface area contributed by atoms with Crippen LogP contribution in [0.1, 0.15) is 18.4 Å². The molecule has 3 N–H and O–H groups in total. The maximum Gasteiger partial charge on any atom is 0.242 e. The molecule has 0 saturated carbocycles. The summed E-state index contributed by atoms with van der Waals surface area (Å²) in [7, 11) is -1.71. The van der Waals surface area contributed by atoms with Crippen molar-refractivity contribution in [1.82, 2.24) is 9.62 Å². The first-order chi connectivity index (χ1) is 9.85. The Morgan fingerprint density at radius 3 is 2.71 bits per heavy atom. The summed E-state index contributed by atoms with van der Waals surface area (Å²) in [6.45, 7) is 1.48. The number of hydrogen-bond donors (Lipinski definition) is 2. The van der Waals surface area contributed by atoms with Gasteiger partial charge in [-0.3, -0.25) is 0 Å². The quantitative estimate of drug-likeness (QED) is 0.848. The fourth-order valence-electron chi connectivity index (χ4n) is 2.48. The van der Waals surface area contributed by atoms with E-state index in [9.17, 15) is 8.42 Å². The molecule has 0 aliphatic carbocycles. The van der Waals surface area contributed by atoms with Crippen LogP contribution in [0.25, 0.3) is 0 Å². The van der Waals surface area contributed by atoms with Gasteiger partial charge < -0.3 is 10.6 Å². The monoisotopic (exact) mass is 351 g/mol. The highest BCUT2D eigenvalue weighted by Crippen LogP contribution is 2.29. The van der Waals surface area contributed by atoms with Gasteiger partial charge in [-0.05, 0) is 44.1 Å². The first-order valence-electron chi connectivity index (χ1n) is 6.73. The first kappa shape index (κ1) is 17.0. The minimum atomic E-state index is -3.71. The topological polar surface area (TPSA) is 75.4 Å². The van der Waals surface area contributed by atoms with Gasteiger partial charge in [0, 0.05) is 24.2 Å². The van der Waals surface area contributed by atoms with Crippen LogP contribution in [0.3, 0.4) is 0 Å². The van der Waals surface area contributed by atoms with Crippen molar-refractivity contribution in [2.45, 2.75) is 30.3 Å². The minimum absolute atomic E-state index is 0.0160. The van der Waals surface area contributed by atoms with E-state index in [1.165, 1.54) is 6.07 Å². The summed E-state index contributed by atoms with van der Waals surface area (Å²) in [6.07, 6.45) is 2.06. The Labute approximate surface area is 135 Å². The van der Waals surface area contributed by atoms with Crippen molar-refractivity contribution in [3.8, 4) is 0 Å². The number of rotatable bonds is 5. The summed E-state index contributed by atoms with van der Waals surface area (Å²) in [5.41, 5.74) is 6.07. The van der Waals surface area contributed by atoms with E-state index in [2.05, 4.69) is 9.62 Å². The van der Waals surface area contributed by atoms with Gasteiger partial charge in [0.05, 0.1) is 5.02 Å². The van der Waals surface area contributed by atoms with Crippen LogP contribution in [0.4, 0.5) is 0 Å². The van der Waals surface area contributed by atoms with Gasteiger partial charge in [-0.25, -0.2) is 13.1 Å². The lowest BCUT2D eigenvalue weighted by Crippen LogP contribution is -2.38. The zero-order valence-electron chi connectivity index (χ0n) is 11.8. The van der Waals surface area contributed by atoms with Gasteiger partial charge in [-0.15, -0.1) is 0 Å². The SMILES string of the molecule is CN1CCCC1CNS(=O)(=O)c1cc(Cl)cc(CN)c1Cl. The predicted molar refractivity (Wildman–Crippen MR) is 85.2 cm³/mol. The van der Waals surface area contributed by atoms with Crippen LogP contribution in [-0.4, -0.2) is 39.5 Å². The highest BCUT2D eigenvalue weighted by atomic mass is 35.5. The number of nitrogens with one attached hydrogen (secondary N) is 1. The smallest absolute Gasteiger partial charge is 0.242 e. The average molecular weight is 352 g/mol. The van der Waals surface area contributed by atoms with Gasteiger partial charge in [0.25, 0.3) is 0 Å². The Morgan fingerprint density at radius 2 is 2.14 bits per heavy atom. The number of sulfonamides is 1. The highest BCUT2D eigenvalue weighted by molar-refractivity contribution is 7.89. The fraction of sp³-hybridized carbons (Fsp3) is 0.538. The summed E-state index contributed by atoms with van der Waals surface area (Å²) in [4.78, 5) is 2.13. The van der Waals surface area contributed by atoms with Crippen molar-refractivity contribution >= 4 is 33.2 Å². The second kappa shape index (κ2) is 6.81. The maximum atomic E-state index is 12.4. The fourth-order valence-corrected chi connectivity index (χ4v) is 4.50. The third kappa shape index (κ3) is 3.88. The number of likely N-dealkylation sites (tertiary alicyclic amines) is 1. The van der Waals surface area contributed by atoms with Gasteiger partial charge in [-0.2, -0.15) is 0 Å². The molecule has 0 radical (unpaired) electrons. The second-order valence-electron chi connectivity index (χ2n) is 5.21. The van der Waals surface area contributed by atoms with Crippen LogP contribution >= 0.6 is 23.2 Å². The lowest BCUT2D eigenvalue weighted by Gasteiger charge is -2.20. The second-order valence-corrected chi connectivity index (χ2v) is 7.76. The van der Waals surface area contributed by atoms with Gasteiger partial charge in [0.2, 0.25) is 10.0 Å². The van der Waals surface area contributed by atoms with Crippen LogP contribution < -0.4 is 10.5 Å². The maximum absolute atomic E-state index is 12.4. The van der Waals surface area contributed by atoms with Crippen LogP contribution in [0.2, 0.25) is 10.0 Å². The molecular weight excluding hydrogens is 333 g/mol. The molecule has 1 aromatic carbocycles. The number of nitrogens with zero attached hydrogens (tertiary/aromatic N) is 1. The van der Waals surface area contributed by atoms with E-state index in [0.717, 1.165) is 19.4 Å². The Hall–Kier alpha value is -0.370. The van der Waals surface area contributed by atoms with Gasteiger partial charge in [-0.1, -0.05) is 23.2 Å². The summed E-state index contributed by atoms with van der Waals surface area (Å²) in [5, 5.41) is 0.437. The first-order valence-corrected chi connectivity index (χ1v) is 8.97. The summed E-state index contributed by atoms with van der Waals surface area (Å²) >= 11 is 12.1. The summed E-state index contributed by atoms with van der Waals surface area (Å²) < 4.78 is 27.5. The molecule has 1 heterocycles. The molecule has 1 saturated heterocycles. The lowest BCUT2D eigenvalue weighted by atomic mass is 10.2. The molecule has 0 amide bonds. The zero-order chi connectivity index (χ0) is 15.6. The molecule has 118 valence electrons. The van der Waals surface area contributed by atoms with Crippen molar-refractivity contribution < 1.29 is 8.42 Å². The number of halogens is 2. The van der Waals surface area contributed by atoms with E-state index in [1.54, 1.807) is 6.07 Å². The Morgan fingerprint density at radius 1 is 1.43 bits per heavy atom. The molecule has 2 rings (SSSR count). The number of benzene rings is 1. The molecule has 8 heteroatoms. The lowest BCUT2D eigenvalue weighted by molar-refractivity contribution is 0.311. The summed E-state index contributed by atoms with van der Waals surface area (Å²) in [5.74, 6) is 0. The third-order valence-electron chi connectivity index (χ3n) is 3.77. The molecule has 1 aromatic rings. The molecule has 0 aromatic heterocycles. The molecule has 1 atom stereocenters. The van der Waals surface area contributed by atoms with E-state index in [1.807, 2.05) is 7.05 Å². The molecule has 1 aliphatic heterocycles. The molecule has 1 unspecified atom stereocenters. The Balaban J connectivity index is 2.21. The number of nitrogens with two attached hydrogens (primary N) is 1. The third-order valence-corrected chi connectivity index (χ3v) is 5.99. The standard InChI is InChI=1S/C13H19Cl2N3O2S/c1-18-4-2-3-11(18)8-17-21(19,20)12-6-10(14)5-9(7-16)13(12)15/h5-6,11,17H,2-4,7-8,16H2,1H3. The van der Waals surface area contributed by atoms with E-state index in [-0.39, 0.29) is 22.5 Å². The van der Waals surface area contributed by atoms with Crippen molar-refractivity contribution in [3.05, 3.63) is 27.7 Å². The highest BCUT2D eigenvalue weighted by Gasteiger charge is 2.25. The Kier molecular flexibility index (Phi) is 5.51. The summed E-state index contributed by atoms with van der Waals surface area (Å²) in [6, 6.07) is 3.14. The average Bonchev–Trinajstić information content (AvgIpc) is 2.84. The van der Waals surface area contributed by atoms with Crippen molar-refractivity contribution in [1.29, 1.82) is 0 Å². The number of likely N-dealkylation sites (N-methyl/N-ethyl adjacent to an activating group) is 1. The molecular formula is C13H19Cl2N3O2S. The van der Waals surface area contributed by atoms with Gasteiger partial charge >= 0.3 is 0 Å². The largest absolute Gasteiger partial charge is 0.326 e. The molecule has 21 heavy (non-hydrogen) atoms. The van der Waals surface area contributed by atoms with E-state index in [0.29, 0.717) is 17.1 Å². The normalized spacial score (nSPS) is 20.1. The molecule has 1 aliphatic rings. The predicted octanol–water partition coefficient (Wildman–Crippen LogP) is 1.82. The van der Waals surface area contributed by atoms with Crippen LogP contribution in [0, 0.1) is 0 Å². The molecule has 0 spiro atoms. The zero-order valence-corrected chi connectivity index (χ0v) is 14.1. The van der Waals surface area contributed by atoms with Crippen LogP contribution in [0.5, 0.6) is 0 Å².